The molecule has 0 heterocycles. The minimum absolute atomic E-state index is 0.233. The van der Waals surface area contributed by atoms with Crippen LogP contribution in [-0.2, 0) is 19.7 Å². The number of hydrogen-bond acceptors (Lipinski definition) is 4. The van der Waals surface area contributed by atoms with Crippen molar-refractivity contribution >= 4 is 16.2 Å². The molecule has 0 bridgehead atoms. The number of nitrogens with zero attached hydrogens (tertiary/aromatic N) is 2. The van der Waals surface area contributed by atoms with Crippen LogP contribution in [0.5, 0.6) is 0 Å². The summed E-state index contributed by atoms with van der Waals surface area (Å²) in [6, 6.07) is 0. The quantitative estimate of drug-likeness (QED) is 0.599. The van der Waals surface area contributed by atoms with E-state index in [-0.39, 0.29) is 6.54 Å². The maximum atomic E-state index is 12.2. The van der Waals surface area contributed by atoms with E-state index in [9.17, 15) is 13.2 Å². The first-order valence-electron chi connectivity index (χ1n) is 5.75. The van der Waals surface area contributed by atoms with Crippen LogP contribution < -0.4 is 0 Å². The normalized spacial score (nSPS) is 12.1. The highest BCUT2D eigenvalue weighted by Gasteiger charge is 2.28. The first-order valence-corrected chi connectivity index (χ1v) is 7.15. The van der Waals surface area contributed by atoms with Gasteiger partial charge < -0.3 is 4.74 Å². The zero-order valence-corrected chi connectivity index (χ0v) is 11.8. The van der Waals surface area contributed by atoms with Crippen LogP contribution in [-0.4, -0.2) is 56.3 Å². The summed E-state index contributed by atoms with van der Waals surface area (Å²) in [7, 11) is -2.32. The molecule has 0 radical (unpaired) electrons. The van der Waals surface area contributed by atoms with Crippen molar-refractivity contribution in [2.75, 3.05) is 33.3 Å². The summed E-state index contributed by atoms with van der Waals surface area (Å²) in [4.78, 5) is 11.2. The first-order chi connectivity index (χ1) is 7.93. The van der Waals surface area contributed by atoms with E-state index in [1.807, 2.05) is 6.92 Å². The Balaban J connectivity index is 4.96. The summed E-state index contributed by atoms with van der Waals surface area (Å²) in [5.74, 6) is -0.547. The molecule has 17 heavy (non-hydrogen) atoms. The van der Waals surface area contributed by atoms with Crippen molar-refractivity contribution in [2.45, 2.75) is 27.2 Å². The van der Waals surface area contributed by atoms with E-state index in [1.165, 1.54) is 11.4 Å². The van der Waals surface area contributed by atoms with Gasteiger partial charge in [-0.3, -0.25) is 4.79 Å². The first kappa shape index (κ1) is 16.3. The molecule has 0 aromatic heterocycles. The fraction of sp³-hybridized carbons (Fsp3) is 0.900. The molecule has 0 rings (SSSR count). The minimum Gasteiger partial charge on any atom is -0.468 e. The lowest BCUT2D eigenvalue weighted by molar-refractivity contribution is -0.140. The Hall–Kier alpha value is -0.660. The summed E-state index contributed by atoms with van der Waals surface area (Å²) in [6.45, 7) is 6.26. The lowest BCUT2D eigenvalue weighted by Gasteiger charge is -2.27. The lowest BCUT2D eigenvalue weighted by Crippen LogP contribution is -2.46. The van der Waals surface area contributed by atoms with Gasteiger partial charge >= 0.3 is 5.97 Å². The highest BCUT2D eigenvalue weighted by molar-refractivity contribution is 7.86. The van der Waals surface area contributed by atoms with Crippen LogP contribution in [0.1, 0.15) is 27.2 Å². The summed E-state index contributed by atoms with van der Waals surface area (Å²) < 4.78 is 31.3. The summed E-state index contributed by atoms with van der Waals surface area (Å²) in [5.41, 5.74) is 0. The molecule has 7 heteroatoms. The van der Waals surface area contributed by atoms with Crippen LogP contribution in [0, 0.1) is 0 Å². The highest BCUT2D eigenvalue weighted by atomic mass is 32.2. The molecule has 0 fully saturated rings. The molecule has 0 aromatic rings. The molecule has 0 aliphatic rings. The van der Waals surface area contributed by atoms with Crippen molar-refractivity contribution in [1.82, 2.24) is 8.61 Å². The van der Waals surface area contributed by atoms with E-state index in [4.69, 9.17) is 0 Å². The molecule has 0 spiro atoms. The van der Waals surface area contributed by atoms with E-state index in [2.05, 4.69) is 4.74 Å². The Labute approximate surface area is 104 Å². The third-order valence-corrected chi connectivity index (χ3v) is 4.50. The van der Waals surface area contributed by atoms with E-state index in [0.717, 1.165) is 4.31 Å². The van der Waals surface area contributed by atoms with Crippen molar-refractivity contribution in [2.24, 2.45) is 0 Å². The van der Waals surface area contributed by atoms with Gasteiger partial charge in [-0.1, -0.05) is 20.8 Å². The molecule has 0 saturated heterocycles. The second kappa shape index (κ2) is 7.62. The molecule has 0 aromatic carbocycles. The molecular formula is C10H22N2O4S. The molecule has 0 atom stereocenters. The van der Waals surface area contributed by atoms with Crippen molar-refractivity contribution in [3.8, 4) is 0 Å². The molecule has 0 saturated carbocycles. The van der Waals surface area contributed by atoms with Gasteiger partial charge in [-0.15, -0.1) is 0 Å². The molecule has 0 N–H and O–H groups in total. The molecule has 0 amide bonds. The van der Waals surface area contributed by atoms with E-state index < -0.39 is 16.2 Å². The predicted octanol–water partition coefficient (Wildman–Crippen LogP) is 0.458. The maximum absolute atomic E-state index is 12.2. The number of ether oxygens (including phenoxy) is 1. The standard InChI is InChI=1S/C10H22N2O4S/c1-5-8-12(9-10(13)16-4)17(14,15)11(6-2)7-3/h5-9H2,1-4H3. The van der Waals surface area contributed by atoms with Crippen LogP contribution >= 0.6 is 0 Å². The van der Waals surface area contributed by atoms with Gasteiger partial charge in [0.1, 0.15) is 6.54 Å². The highest BCUT2D eigenvalue weighted by Crippen LogP contribution is 2.09. The number of esters is 1. The summed E-state index contributed by atoms with van der Waals surface area (Å²) >= 11 is 0. The SMILES string of the molecule is CCCN(CC(=O)OC)S(=O)(=O)N(CC)CC. The summed E-state index contributed by atoms with van der Waals surface area (Å²) in [5, 5.41) is 0. The number of carbonyl (C=O) groups excluding carboxylic acids is 1. The topological polar surface area (TPSA) is 66.9 Å². The van der Waals surface area contributed by atoms with Gasteiger partial charge in [0, 0.05) is 19.6 Å². The lowest BCUT2D eigenvalue weighted by atomic mass is 10.5. The van der Waals surface area contributed by atoms with Crippen molar-refractivity contribution in [3.63, 3.8) is 0 Å². The smallest absolute Gasteiger partial charge is 0.321 e. The van der Waals surface area contributed by atoms with Crippen LogP contribution in [0.3, 0.4) is 0 Å². The van der Waals surface area contributed by atoms with Gasteiger partial charge in [-0.2, -0.15) is 17.0 Å². The second-order valence-corrected chi connectivity index (χ2v) is 5.43. The second-order valence-electron chi connectivity index (χ2n) is 3.50. The summed E-state index contributed by atoms with van der Waals surface area (Å²) in [6.07, 6.45) is 0.650. The van der Waals surface area contributed by atoms with E-state index in [1.54, 1.807) is 13.8 Å². The Morgan fingerprint density at radius 1 is 1.12 bits per heavy atom. The zero-order chi connectivity index (χ0) is 13.5. The fourth-order valence-electron chi connectivity index (χ4n) is 1.45. The van der Waals surface area contributed by atoms with Gasteiger partial charge in [0.05, 0.1) is 7.11 Å². The molecular weight excluding hydrogens is 244 g/mol. The number of rotatable bonds is 8. The molecule has 0 aliphatic heterocycles. The Bertz CT molecular complexity index is 325. The molecule has 6 nitrogen and oxygen atoms in total. The van der Waals surface area contributed by atoms with Crippen LogP contribution in [0.2, 0.25) is 0 Å². The third kappa shape index (κ3) is 4.61. The molecule has 102 valence electrons. The monoisotopic (exact) mass is 266 g/mol. The van der Waals surface area contributed by atoms with Gasteiger partial charge in [0.25, 0.3) is 10.2 Å². The Morgan fingerprint density at radius 2 is 1.65 bits per heavy atom. The average molecular weight is 266 g/mol. The van der Waals surface area contributed by atoms with Crippen molar-refractivity contribution in [1.29, 1.82) is 0 Å². The van der Waals surface area contributed by atoms with Gasteiger partial charge in [-0.25, -0.2) is 0 Å². The van der Waals surface area contributed by atoms with Crippen LogP contribution in [0.4, 0.5) is 0 Å². The average Bonchev–Trinajstić information content (AvgIpc) is 2.29. The van der Waals surface area contributed by atoms with Gasteiger partial charge in [-0.05, 0) is 6.42 Å². The van der Waals surface area contributed by atoms with Crippen LogP contribution in [0.15, 0.2) is 0 Å². The van der Waals surface area contributed by atoms with Gasteiger partial charge in [0.2, 0.25) is 0 Å². The Morgan fingerprint density at radius 3 is 2.00 bits per heavy atom. The largest absolute Gasteiger partial charge is 0.468 e. The molecule has 0 aliphatic carbocycles. The number of methoxy groups -OCH3 is 1. The van der Waals surface area contributed by atoms with Crippen LogP contribution in [0.25, 0.3) is 0 Å². The maximum Gasteiger partial charge on any atom is 0.321 e. The number of hydrogen-bond donors (Lipinski definition) is 0. The van der Waals surface area contributed by atoms with Crippen molar-refractivity contribution < 1.29 is 17.9 Å². The third-order valence-electron chi connectivity index (χ3n) is 2.36. The zero-order valence-electron chi connectivity index (χ0n) is 11.0. The number of carbonyl (C=O) groups is 1. The fourth-order valence-corrected chi connectivity index (χ4v) is 3.11. The van der Waals surface area contributed by atoms with E-state index in [0.29, 0.717) is 26.1 Å². The molecule has 0 unspecified atom stereocenters. The minimum atomic E-state index is -3.56. The predicted molar refractivity (Wildman–Crippen MR) is 65.7 cm³/mol. The Kier molecular flexibility index (Phi) is 7.33. The van der Waals surface area contributed by atoms with Gasteiger partial charge in [0.15, 0.2) is 0 Å². The van der Waals surface area contributed by atoms with Crippen molar-refractivity contribution in [3.05, 3.63) is 0 Å². The van der Waals surface area contributed by atoms with E-state index >= 15 is 0 Å².